The van der Waals surface area contributed by atoms with Crippen LogP contribution < -0.4 is 4.90 Å². The Morgan fingerprint density at radius 2 is 1.87 bits per heavy atom. The van der Waals surface area contributed by atoms with Crippen LogP contribution >= 0.6 is 11.3 Å². The SMILES string of the molecule is COC(=O)c1sc(C#CC(C)(C)C)cc1N(C(=O)C1CCC(C)CC1)C(C)CC(=O)O. The van der Waals surface area contributed by atoms with Crippen molar-refractivity contribution < 1.29 is 24.2 Å². The number of thiophene rings is 1. The van der Waals surface area contributed by atoms with Gasteiger partial charge in [0.05, 0.1) is 24.1 Å². The van der Waals surface area contributed by atoms with Gasteiger partial charge in [-0.05, 0) is 65.4 Å². The monoisotopic (exact) mass is 447 g/mol. The third-order valence-electron chi connectivity index (χ3n) is 5.42. The average Bonchev–Trinajstić information content (AvgIpc) is 3.09. The Morgan fingerprint density at radius 3 is 2.39 bits per heavy atom. The second-order valence-electron chi connectivity index (χ2n) is 9.43. The zero-order valence-electron chi connectivity index (χ0n) is 19.3. The Labute approximate surface area is 189 Å². The number of carboxylic acid groups (broad SMARTS) is 1. The number of aliphatic carboxylic acids is 1. The molecule has 7 heteroatoms. The van der Waals surface area contributed by atoms with E-state index in [0.717, 1.165) is 25.7 Å². The number of ether oxygens (including phenoxy) is 1. The summed E-state index contributed by atoms with van der Waals surface area (Å²) in [5, 5.41) is 9.36. The van der Waals surface area contributed by atoms with Gasteiger partial charge in [0, 0.05) is 17.4 Å². The van der Waals surface area contributed by atoms with Crippen molar-refractivity contribution >= 4 is 34.9 Å². The highest BCUT2D eigenvalue weighted by Crippen LogP contribution is 2.37. The molecule has 1 aromatic heterocycles. The van der Waals surface area contributed by atoms with Crippen molar-refractivity contribution in [2.24, 2.45) is 17.3 Å². The summed E-state index contributed by atoms with van der Waals surface area (Å²) < 4.78 is 4.95. The summed E-state index contributed by atoms with van der Waals surface area (Å²) in [5.41, 5.74) is 0.174. The normalized spacial score (nSPS) is 19.7. The lowest BCUT2D eigenvalue weighted by molar-refractivity contribution is -0.137. The van der Waals surface area contributed by atoms with E-state index < -0.39 is 18.0 Å². The summed E-state index contributed by atoms with van der Waals surface area (Å²) in [6.07, 6.45) is 3.25. The number of esters is 1. The van der Waals surface area contributed by atoms with Gasteiger partial charge in [-0.25, -0.2) is 4.79 Å². The molecule has 0 aliphatic heterocycles. The van der Waals surface area contributed by atoms with Gasteiger partial charge in [-0.1, -0.05) is 18.8 Å². The van der Waals surface area contributed by atoms with Crippen LogP contribution in [0, 0.1) is 29.1 Å². The van der Waals surface area contributed by atoms with Crippen molar-refractivity contribution in [1.82, 2.24) is 0 Å². The first-order valence-corrected chi connectivity index (χ1v) is 11.5. The Bertz CT molecular complexity index is 878. The lowest BCUT2D eigenvalue weighted by Crippen LogP contribution is -2.44. The number of rotatable bonds is 6. The highest BCUT2D eigenvalue weighted by molar-refractivity contribution is 7.15. The molecule has 1 saturated carbocycles. The van der Waals surface area contributed by atoms with Crippen LogP contribution in [-0.4, -0.2) is 36.1 Å². The van der Waals surface area contributed by atoms with Crippen molar-refractivity contribution in [2.45, 2.75) is 72.8 Å². The highest BCUT2D eigenvalue weighted by atomic mass is 32.1. The molecule has 0 bridgehead atoms. The third-order valence-corrected chi connectivity index (χ3v) is 6.44. The minimum absolute atomic E-state index is 0.126. The molecule has 170 valence electrons. The molecule has 1 fully saturated rings. The van der Waals surface area contributed by atoms with Crippen LogP contribution in [0.4, 0.5) is 5.69 Å². The van der Waals surface area contributed by atoms with Gasteiger partial charge in [0.2, 0.25) is 5.91 Å². The molecule has 1 aliphatic carbocycles. The molecule has 1 aliphatic rings. The molecule has 0 saturated heterocycles. The number of carbonyl (C=O) groups is 3. The van der Waals surface area contributed by atoms with Gasteiger partial charge >= 0.3 is 11.9 Å². The predicted molar refractivity (Wildman–Crippen MR) is 122 cm³/mol. The van der Waals surface area contributed by atoms with Gasteiger partial charge in [0.1, 0.15) is 4.88 Å². The average molecular weight is 448 g/mol. The second-order valence-corrected chi connectivity index (χ2v) is 10.5. The van der Waals surface area contributed by atoms with Crippen LogP contribution in [0.3, 0.4) is 0 Å². The zero-order valence-corrected chi connectivity index (χ0v) is 20.1. The van der Waals surface area contributed by atoms with E-state index in [1.807, 2.05) is 20.8 Å². The molecule has 1 unspecified atom stereocenters. The van der Waals surface area contributed by atoms with Crippen molar-refractivity contribution in [3.8, 4) is 11.8 Å². The maximum Gasteiger partial charge on any atom is 0.350 e. The highest BCUT2D eigenvalue weighted by Gasteiger charge is 2.35. The number of hydrogen-bond donors (Lipinski definition) is 1. The number of carbonyl (C=O) groups excluding carboxylic acids is 2. The van der Waals surface area contributed by atoms with Gasteiger partial charge in [0.25, 0.3) is 0 Å². The Morgan fingerprint density at radius 1 is 1.26 bits per heavy atom. The fourth-order valence-corrected chi connectivity index (χ4v) is 4.65. The van der Waals surface area contributed by atoms with Gasteiger partial charge in [0.15, 0.2) is 0 Å². The minimum atomic E-state index is -0.995. The number of anilines is 1. The second kappa shape index (κ2) is 10.3. The summed E-state index contributed by atoms with van der Waals surface area (Å²) in [6, 6.07) is 1.11. The molecule has 2 rings (SSSR count). The van der Waals surface area contributed by atoms with Crippen molar-refractivity contribution in [2.75, 3.05) is 12.0 Å². The first kappa shape index (κ1) is 24.9. The van der Waals surface area contributed by atoms with E-state index >= 15 is 0 Å². The molecule has 1 heterocycles. The topological polar surface area (TPSA) is 83.9 Å². The van der Waals surface area contributed by atoms with Crippen LogP contribution in [0.15, 0.2) is 6.07 Å². The van der Waals surface area contributed by atoms with E-state index in [1.54, 1.807) is 13.0 Å². The van der Waals surface area contributed by atoms with Gasteiger partial charge in [-0.2, -0.15) is 0 Å². The van der Waals surface area contributed by atoms with Gasteiger partial charge in [-0.15, -0.1) is 11.3 Å². The Balaban J connectivity index is 2.53. The van der Waals surface area contributed by atoms with Gasteiger partial charge < -0.3 is 14.7 Å². The number of carboxylic acids is 1. The number of hydrogen-bond acceptors (Lipinski definition) is 5. The molecular weight excluding hydrogens is 414 g/mol. The van der Waals surface area contributed by atoms with Crippen LogP contribution in [0.2, 0.25) is 0 Å². The first-order chi connectivity index (χ1) is 14.4. The summed E-state index contributed by atoms with van der Waals surface area (Å²) in [5.74, 6) is 4.96. The summed E-state index contributed by atoms with van der Waals surface area (Å²) in [7, 11) is 1.29. The minimum Gasteiger partial charge on any atom is -0.481 e. The van der Waals surface area contributed by atoms with Crippen LogP contribution in [0.1, 0.15) is 81.3 Å². The van der Waals surface area contributed by atoms with E-state index in [1.165, 1.54) is 23.3 Å². The van der Waals surface area contributed by atoms with Gasteiger partial charge in [-0.3, -0.25) is 9.59 Å². The maximum absolute atomic E-state index is 13.6. The molecule has 1 amide bonds. The zero-order chi connectivity index (χ0) is 23.3. The summed E-state index contributed by atoms with van der Waals surface area (Å²) in [4.78, 5) is 39.9. The van der Waals surface area contributed by atoms with Crippen LogP contribution in [0.5, 0.6) is 0 Å². The summed E-state index contributed by atoms with van der Waals surface area (Å²) >= 11 is 1.17. The first-order valence-electron chi connectivity index (χ1n) is 10.7. The van der Waals surface area contributed by atoms with Crippen LogP contribution in [0.25, 0.3) is 0 Å². The lowest BCUT2D eigenvalue weighted by Gasteiger charge is -2.34. The molecule has 1 N–H and O–H groups in total. The largest absolute Gasteiger partial charge is 0.481 e. The molecule has 0 radical (unpaired) electrons. The number of nitrogens with zero attached hydrogens (tertiary/aromatic N) is 1. The molecule has 31 heavy (non-hydrogen) atoms. The van der Waals surface area contributed by atoms with E-state index in [0.29, 0.717) is 16.5 Å². The molecule has 1 aromatic rings. The lowest BCUT2D eigenvalue weighted by atomic mass is 9.82. The van der Waals surface area contributed by atoms with E-state index in [9.17, 15) is 19.5 Å². The standard InChI is InChI=1S/C24H33NO5S/c1-15-7-9-17(10-8-15)22(28)25(16(2)13-20(26)27)19-14-18(11-12-24(3,4)5)31-21(19)23(29)30-6/h14-17H,7-10,13H2,1-6H3,(H,26,27). The van der Waals surface area contributed by atoms with Crippen molar-refractivity contribution in [3.05, 3.63) is 15.8 Å². The number of amides is 1. The van der Waals surface area contributed by atoms with E-state index in [4.69, 9.17) is 4.74 Å². The maximum atomic E-state index is 13.6. The molecule has 0 aromatic carbocycles. The van der Waals surface area contributed by atoms with Crippen LogP contribution in [-0.2, 0) is 14.3 Å². The molecule has 6 nitrogen and oxygen atoms in total. The fourth-order valence-electron chi connectivity index (χ4n) is 3.73. The molecule has 1 atom stereocenters. The Hall–Kier alpha value is -2.33. The number of methoxy groups -OCH3 is 1. The van der Waals surface area contributed by atoms with Crippen molar-refractivity contribution in [1.29, 1.82) is 0 Å². The molecule has 0 spiro atoms. The quantitative estimate of drug-likeness (QED) is 0.492. The van der Waals surface area contributed by atoms with Crippen molar-refractivity contribution in [3.63, 3.8) is 0 Å². The molecular formula is C24H33NO5S. The van der Waals surface area contributed by atoms with E-state index in [2.05, 4.69) is 18.8 Å². The smallest absolute Gasteiger partial charge is 0.350 e. The summed E-state index contributed by atoms with van der Waals surface area (Å²) in [6.45, 7) is 9.86. The Kier molecular flexibility index (Phi) is 8.30. The van der Waals surface area contributed by atoms with E-state index in [-0.39, 0.29) is 28.5 Å². The predicted octanol–water partition coefficient (Wildman–Crippen LogP) is 4.95. The fraction of sp³-hybridized carbons (Fsp3) is 0.625. The third kappa shape index (κ3) is 6.83.